The van der Waals surface area contributed by atoms with E-state index in [0.717, 1.165) is 79.4 Å². The van der Waals surface area contributed by atoms with Crippen LogP contribution in [0.1, 0.15) is 65.6 Å². The van der Waals surface area contributed by atoms with Crippen molar-refractivity contribution in [2.75, 3.05) is 11.4 Å². The summed E-state index contributed by atoms with van der Waals surface area (Å²) in [6, 6.07) is 12.9. The molecule has 2 aliphatic heterocycles. The van der Waals surface area contributed by atoms with Gasteiger partial charge in [0, 0.05) is 18.8 Å². The smallest absolute Gasteiger partial charge is 0.156 e. The first-order valence-electron chi connectivity index (χ1n) is 12.4. The van der Waals surface area contributed by atoms with Crippen molar-refractivity contribution < 1.29 is 0 Å². The van der Waals surface area contributed by atoms with Crippen molar-refractivity contribution >= 4 is 17.1 Å². The Labute approximate surface area is 199 Å². The van der Waals surface area contributed by atoms with E-state index in [1.54, 1.807) is 0 Å². The Morgan fingerprint density at radius 1 is 1.03 bits per heavy atom. The second-order valence-electron chi connectivity index (χ2n) is 10.1. The van der Waals surface area contributed by atoms with E-state index >= 15 is 0 Å². The summed E-state index contributed by atoms with van der Waals surface area (Å²) in [5.41, 5.74) is 16.1. The topological polar surface area (TPSA) is 80.3 Å². The van der Waals surface area contributed by atoms with E-state index in [1.165, 1.54) is 16.7 Å². The molecule has 2 aliphatic carbocycles. The van der Waals surface area contributed by atoms with Gasteiger partial charge in [0.25, 0.3) is 0 Å². The van der Waals surface area contributed by atoms with Gasteiger partial charge in [-0.1, -0.05) is 30.3 Å². The molecule has 3 aromatic rings. The van der Waals surface area contributed by atoms with Crippen molar-refractivity contribution in [3.8, 4) is 0 Å². The maximum atomic E-state index is 6.75. The van der Waals surface area contributed by atoms with Gasteiger partial charge in [-0.3, -0.25) is 9.98 Å². The van der Waals surface area contributed by atoms with Gasteiger partial charge in [0.05, 0.1) is 35.5 Å². The lowest BCUT2D eigenvalue weighted by Gasteiger charge is -2.36. The van der Waals surface area contributed by atoms with Gasteiger partial charge in [-0.15, -0.1) is 0 Å². The molecule has 6 nitrogen and oxygen atoms in total. The summed E-state index contributed by atoms with van der Waals surface area (Å²) in [4.78, 5) is 21.6. The third-order valence-electron chi connectivity index (χ3n) is 8.21. The highest BCUT2D eigenvalue weighted by Crippen LogP contribution is 2.53. The summed E-state index contributed by atoms with van der Waals surface area (Å²) in [6.45, 7) is 1.53. The normalized spacial score (nSPS) is 25.0. The molecular formula is C28H28N6. The summed E-state index contributed by atoms with van der Waals surface area (Å²) >= 11 is 0. The Bertz CT molecular complexity index is 1360. The molecule has 170 valence electrons. The molecule has 0 amide bonds. The molecule has 0 saturated carbocycles. The fourth-order valence-electron chi connectivity index (χ4n) is 6.34. The predicted octanol–water partition coefficient (Wildman–Crippen LogP) is 4.39. The monoisotopic (exact) mass is 448 g/mol. The first-order chi connectivity index (χ1) is 16.7. The number of nitrogens with two attached hydrogens (primary N) is 1. The Kier molecular flexibility index (Phi) is 4.46. The van der Waals surface area contributed by atoms with Crippen molar-refractivity contribution in [3.63, 3.8) is 0 Å². The number of hydrogen-bond donors (Lipinski definition) is 1. The first kappa shape index (κ1) is 20.0. The predicted molar refractivity (Wildman–Crippen MR) is 134 cm³/mol. The minimum atomic E-state index is 0.116. The molecule has 2 atom stereocenters. The van der Waals surface area contributed by atoms with Crippen LogP contribution in [0.3, 0.4) is 0 Å². The zero-order valence-electron chi connectivity index (χ0n) is 19.2. The van der Waals surface area contributed by atoms with Gasteiger partial charge in [0.15, 0.2) is 5.84 Å². The van der Waals surface area contributed by atoms with E-state index in [-0.39, 0.29) is 11.5 Å². The van der Waals surface area contributed by atoms with Crippen LogP contribution in [0.5, 0.6) is 0 Å². The number of allylic oxidation sites excluding steroid dienone is 2. The molecule has 6 heteroatoms. The number of aromatic nitrogens is 3. The summed E-state index contributed by atoms with van der Waals surface area (Å²) in [5.74, 6) is 0.939. The second-order valence-corrected chi connectivity index (χ2v) is 10.1. The minimum absolute atomic E-state index is 0.116. The second kappa shape index (κ2) is 7.57. The van der Waals surface area contributed by atoms with Gasteiger partial charge < -0.3 is 10.6 Å². The van der Waals surface area contributed by atoms with E-state index < -0.39 is 0 Å². The minimum Gasteiger partial charge on any atom is -0.323 e. The number of fused-ring (bicyclic) bond motifs is 3. The van der Waals surface area contributed by atoms with E-state index in [9.17, 15) is 0 Å². The summed E-state index contributed by atoms with van der Waals surface area (Å²) in [7, 11) is 0. The van der Waals surface area contributed by atoms with Gasteiger partial charge in [-0.2, -0.15) is 0 Å². The molecule has 1 spiro atoms. The average Bonchev–Trinajstić information content (AvgIpc) is 3.43. The quantitative estimate of drug-likeness (QED) is 0.597. The highest BCUT2D eigenvalue weighted by molar-refractivity contribution is 6.11. The lowest BCUT2D eigenvalue weighted by atomic mass is 9.70. The van der Waals surface area contributed by atoms with E-state index in [4.69, 9.17) is 20.7 Å². The molecule has 0 fully saturated rings. The maximum absolute atomic E-state index is 6.75. The van der Waals surface area contributed by atoms with E-state index in [1.807, 2.05) is 18.5 Å². The average molecular weight is 449 g/mol. The number of rotatable bonds is 1. The number of pyridine rings is 1. The number of amidine groups is 1. The molecule has 4 heterocycles. The Morgan fingerprint density at radius 3 is 2.85 bits per heavy atom. The van der Waals surface area contributed by atoms with Crippen LogP contribution in [0.25, 0.3) is 5.57 Å². The molecule has 7 rings (SSSR count). The van der Waals surface area contributed by atoms with Crippen LogP contribution in [0.2, 0.25) is 0 Å². The SMILES string of the molecule is N[C@H]1c2ccccc2C[C@@]12CC=C(c1cnc3c(n1)CN=C3N1CCCc3ncccc31)CC2. The highest BCUT2D eigenvalue weighted by Gasteiger charge is 2.44. The summed E-state index contributed by atoms with van der Waals surface area (Å²) in [6.07, 6.45) is 12.4. The number of aryl methyl sites for hydroxylation is 1. The lowest BCUT2D eigenvalue weighted by molar-refractivity contribution is 0.224. The van der Waals surface area contributed by atoms with Crippen LogP contribution < -0.4 is 10.6 Å². The number of aliphatic imine (C=N–C) groups is 1. The van der Waals surface area contributed by atoms with Gasteiger partial charge in [-0.05, 0) is 72.8 Å². The van der Waals surface area contributed by atoms with Gasteiger partial charge in [0.1, 0.15) is 5.69 Å². The zero-order chi connectivity index (χ0) is 22.7. The van der Waals surface area contributed by atoms with Crippen LogP contribution in [-0.4, -0.2) is 27.3 Å². The zero-order valence-corrected chi connectivity index (χ0v) is 19.2. The van der Waals surface area contributed by atoms with E-state index in [2.05, 4.69) is 46.3 Å². The van der Waals surface area contributed by atoms with Crippen molar-refractivity contribution in [1.82, 2.24) is 15.0 Å². The summed E-state index contributed by atoms with van der Waals surface area (Å²) in [5, 5.41) is 0. The van der Waals surface area contributed by atoms with Crippen LogP contribution >= 0.6 is 0 Å². The number of anilines is 1. The number of nitrogens with zero attached hydrogens (tertiary/aromatic N) is 5. The largest absolute Gasteiger partial charge is 0.323 e. The third-order valence-corrected chi connectivity index (χ3v) is 8.21. The summed E-state index contributed by atoms with van der Waals surface area (Å²) < 4.78 is 0. The van der Waals surface area contributed by atoms with Crippen LogP contribution in [0.4, 0.5) is 5.69 Å². The Hall–Kier alpha value is -3.38. The van der Waals surface area contributed by atoms with Gasteiger partial charge in [0.2, 0.25) is 0 Å². The van der Waals surface area contributed by atoms with Crippen molar-refractivity contribution in [1.29, 1.82) is 0 Å². The van der Waals surface area contributed by atoms with Crippen LogP contribution in [0.15, 0.2) is 59.9 Å². The van der Waals surface area contributed by atoms with Crippen LogP contribution in [-0.2, 0) is 19.4 Å². The Morgan fingerprint density at radius 2 is 1.97 bits per heavy atom. The number of hydrogen-bond acceptors (Lipinski definition) is 6. The molecule has 2 N–H and O–H groups in total. The molecule has 1 aromatic carbocycles. The maximum Gasteiger partial charge on any atom is 0.156 e. The molecular weight excluding hydrogens is 420 g/mol. The lowest BCUT2D eigenvalue weighted by Crippen LogP contribution is -2.36. The Balaban J connectivity index is 1.14. The van der Waals surface area contributed by atoms with Crippen molar-refractivity contribution in [2.24, 2.45) is 16.1 Å². The molecule has 0 bridgehead atoms. The fourth-order valence-corrected chi connectivity index (χ4v) is 6.34. The highest BCUT2D eigenvalue weighted by atomic mass is 15.2. The molecule has 0 radical (unpaired) electrons. The molecule has 4 aliphatic rings. The number of benzene rings is 1. The third kappa shape index (κ3) is 2.98. The van der Waals surface area contributed by atoms with E-state index in [0.29, 0.717) is 6.54 Å². The van der Waals surface area contributed by atoms with Gasteiger partial charge in [-0.25, -0.2) is 9.97 Å². The van der Waals surface area contributed by atoms with Crippen LogP contribution in [0, 0.1) is 5.41 Å². The fraction of sp³-hybridized carbons (Fsp3) is 0.357. The van der Waals surface area contributed by atoms with Crippen molar-refractivity contribution in [2.45, 2.75) is 51.1 Å². The molecule has 0 saturated heterocycles. The van der Waals surface area contributed by atoms with Gasteiger partial charge >= 0.3 is 0 Å². The van der Waals surface area contributed by atoms with Crippen molar-refractivity contribution in [3.05, 3.63) is 88.8 Å². The first-order valence-corrected chi connectivity index (χ1v) is 12.4. The molecule has 0 unspecified atom stereocenters. The standard InChI is InChI=1S/C28H28N6/c29-26-20-6-2-1-5-19(20)15-28(26)11-9-18(10-12-28)22-16-31-25-23(33-22)17-32-27(25)34-14-4-7-21-24(34)8-3-13-30-21/h1-3,5-6,8-9,13,16,26H,4,7,10-12,14-15,17,29H2/t26-,28-/m0/s1. The molecule has 34 heavy (non-hydrogen) atoms. The molecule has 2 aromatic heterocycles.